The maximum atomic E-state index is 12.0. The van der Waals surface area contributed by atoms with Gasteiger partial charge < -0.3 is 25.0 Å². The fraction of sp³-hybridized carbons (Fsp3) is 0.222. The van der Waals surface area contributed by atoms with Crippen molar-refractivity contribution < 1.29 is 29.3 Å². The third kappa shape index (κ3) is 5.22. The highest BCUT2D eigenvalue weighted by molar-refractivity contribution is 5.75. The number of ether oxygens (including phenoxy) is 2. The normalized spacial score (nSPS) is 12.7. The van der Waals surface area contributed by atoms with Crippen molar-refractivity contribution in [2.45, 2.75) is 18.8 Å². The maximum absolute atomic E-state index is 12.0. The Morgan fingerprint density at radius 1 is 1.08 bits per heavy atom. The molecule has 2 aromatic carbocycles. The SMILES string of the molecule is COc1ccc(C(NC(=O)OCc2ccccc2)C(O)C(=O)O)cc1. The second-order valence-corrected chi connectivity index (χ2v) is 5.24. The minimum Gasteiger partial charge on any atom is -0.497 e. The molecule has 0 aliphatic heterocycles. The van der Waals surface area contributed by atoms with Gasteiger partial charge in [0.05, 0.1) is 13.2 Å². The predicted octanol–water partition coefficient (Wildman–Crippen LogP) is 2.11. The molecule has 0 bridgehead atoms. The van der Waals surface area contributed by atoms with E-state index in [1.165, 1.54) is 7.11 Å². The smallest absolute Gasteiger partial charge is 0.408 e. The summed E-state index contributed by atoms with van der Waals surface area (Å²) < 4.78 is 10.1. The molecule has 7 nitrogen and oxygen atoms in total. The summed E-state index contributed by atoms with van der Waals surface area (Å²) in [5, 5.41) is 21.4. The van der Waals surface area contributed by atoms with Crippen LogP contribution in [0.2, 0.25) is 0 Å². The molecule has 0 spiro atoms. The van der Waals surface area contributed by atoms with Crippen molar-refractivity contribution in [2.24, 2.45) is 0 Å². The second-order valence-electron chi connectivity index (χ2n) is 5.24. The number of rotatable bonds is 7. The molecule has 0 radical (unpaired) electrons. The largest absolute Gasteiger partial charge is 0.497 e. The first kappa shape index (κ1) is 18.3. The first-order valence-electron chi connectivity index (χ1n) is 7.53. The van der Waals surface area contributed by atoms with Gasteiger partial charge in [0.25, 0.3) is 0 Å². The molecule has 2 rings (SSSR count). The quantitative estimate of drug-likeness (QED) is 0.710. The molecule has 25 heavy (non-hydrogen) atoms. The van der Waals surface area contributed by atoms with Gasteiger partial charge in [-0.1, -0.05) is 42.5 Å². The zero-order valence-corrected chi connectivity index (χ0v) is 13.6. The number of carbonyl (C=O) groups is 2. The number of amides is 1. The lowest BCUT2D eigenvalue weighted by Crippen LogP contribution is -2.40. The number of carbonyl (C=O) groups excluding carboxylic acids is 1. The van der Waals surface area contributed by atoms with Gasteiger partial charge in [-0.15, -0.1) is 0 Å². The van der Waals surface area contributed by atoms with E-state index in [2.05, 4.69) is 5.32 Å². The Bertz CT molecular complexity index is 701. The summed E-state index contributed by atoms with van der Waals surface area (Å²) in [5.41, 5.74) is 1.20. The zero-order chi connectivity index (χ0) is 18.2. The van der Waals surface area contributed by atoms with Gasteiger partial charge in [0.15, 0.2) is 6.10 Å². The molecule has 0 heterocycles. The summed E-state index contributed by atoms with van der Waals surface area (Å²) >= 11 is 0. The van der Waals surface area contributed by atoms with E-state index in [9.17, 15) is 14.7 Å². The average molecular weight is 345 g/mol. The number of nitrogens with one attached hydrogen (secondary N) is 1. The van der Waals surface area contributed by atoms with Crippen molar-refractivity contribution in [3.05, 3.63) is 65.7 Å². The van der Waals surface area contributed by atoms with Crippen LogP contribution in [0.4, 0.5) is 4.79 Å². The number of carboxylic acids is 1. The first-order valence-corrected chi connectivity index (χ1v) is 7.53. The van der Waals surface area contributed by atoms with Gasteiger partial charge in [-0.3, -0.25) is 0 Å². The number of hydrogen-bond donors (Lipinski definition) is 3. The average Bonchev–Trinajstić information content (AvgIpc) is 2.64. The number of carboxylic acid groups (broad SMARTS) is 1. The van der Waals surface area contributed by atoms with Gasteiger partial charge in [0.2, 0.25) is 0 Å². The molecule has 0 fully saturated rings. The molecule has 2 atom stereocenters. The summed E-state index contributed by atoms with van der Waals surface area (Å²) in [4.78, 5) is 23.1. The molecule has 0 aliphatic rings. The molecule has 7 heteroatoms. The lowest BCUT2D eigenvalue weighted by Gasteiger charge is -2.22. The summed E-state index contributed by atoms with van der Waals surface area (Å²) in [6.45, 7) is 0.0329. The van der Waals surface area contributed by atoms with Crippen molar-refractivity contribution in [2.75, 3.05) is 7.11 Å². The molecule has 132 valence electrons. The van der Waals surface area contributed by atoms with E-state index in [4.69, 9.17) is 14.6 Å². The summed E-state index contributed by atoms with van der Waals surface area (Å²) in [6, 6.07) is 14.2. The van der Waals surface area contributed by atoms with Crippen molar-refractivity contribution in [3.8, 4) is 5.75 Å². The lowest BCUT2D eigenvalue weighted by molar-refractivity contribution is -0.148. The van der Waals surface area contributed by atoms with Crippen molar-refractivity contribution in [3.63, 3.8) is 0 Å². The van der Waals surface area contributed by atoms with Gasteiger partial charge >= 0.3 is 12.1 Å². The first-order chi connectivity index (χ1) is 12.0. The molecule has 0 saturated carbocycles. The molecular weight excluding hydrogens is 326 g/mol. The van der Waals surface area contributed by atoms with Gasteiger partial charge in [0.1, 0.15) is 12.4 Å². The Labute approximate surface area is 144 Å². The van der Waals surface area contributed by atoms with E-state index in [-0.39, 0.29) is 6.61 Å². The van der Waals surface area contributed by atoms with E-state index in [1.54, 1.807) is 36.4 Å². The van der Waals surface area contributed by atoms with Gasteiger partial charge in [0, 0.05) is 0 Å². The van der Waals surface area contributed by atoms with Crippen LogP contribution in [0.15, 0.2) is 54.6 Å². The van der Waals surface area contributed by atoms with Crippen LogP contribution in [-0.4, -0.2) is 35.5 Å². The van der Waals surface area contributed by atoms with E-state index in [0.29, 0.717) is 11.3 Å². The van der Waals surface area contributed by atoms with Crippen LogP contribution >= 0.6 is 0 Å². The molecule has 0 aromatic heterocycles. The van der Waals surface area contributed by atoms with Crippen molar-refractivity contribution in [1.82, 2.24) is 5.32 Å². The highest BCUT2D eigenvalue weighted by Gasteiger charge is 2.29. The molecule has 2 unspecified atom stereocenters. The maximum Gasteiger partial charge on any atom is 0.408 e. The highest BCUT2D eigenvalue weighted by Crippen LogP contribution is 2.21. The molecule has 1 amide bonds. The van der Waals surface area contributed by atoms with Crippen LogP contribution in [0.25, 0.3) is 0 Å². The number of alkyl carbamates (subject to hydrolysis) is 1. The lowest BCUT2D eigenvalue weighted by atomic mass is 10.0. The van der Waals surface area contributed by atoms with E-state index in [1.807, 2.05) is 18.2 Å². The monoisotopic (exact) mass is 345 g/mol. The van der Waals surface area contributed by atoms with Gasteiger partial charge in [-0.2, -0.15) is 0 Å². The van der Waals surface area contributed by atoms with Crippen LogP contribution in [0.3, 0.4) is 0 Å². The van der Waals surface area contributed by atoms with Gasteiger partial charge in [-0.05, 0) is 23.3 Å². The topological polar surface area (TPSA) is 105 Å². The Morgan fingerprint density at radius 2 is 1.72 bits per heavy atom. The summed E-state index contributed by atoms with van der Waals surface area (Å²) in [5.74, 6) is -0.886. The minimum absolute atomic E-state index is 0.0329. The van der Waals surface area contributed by atoms with E-state index >= 15 is 0 Å². The second kappa shape index (κ2) is 8.70. The number of aliphatic hydroxyl groups excluding tert-OH is 1. The Balaban J connectivity index is 2.07. The Kier molecular flexibility index (Phi) is 6.36. The van der Waals surface area contributed by atoms with Crippen molar-refractivity contribution >= 4 is 12.1 Å². The minimum atomic E-state index is -1.82. The summed E-state index contributed by atoms with van der Waals surface area (Å²) in [7, 11) is 1.50. The number of aliphatic hydroxyl groups is 1. The van der Waals surface area contributed by atoms with Crippen LogP contribution in [0.5, 0.6) is 5.75 Å². The summed E-state index contributed by atoms with van der Waals surface area (Å²) in [6.07, 6.45) is -2.65. The fourth-order valence-corrected chi connectivity index (χ4v) is 2.19. The third-order valence-corrected chi connectivity index (χ3v) is 3.53. The van der Waals surface area contributed by atoms with Crippen LogP contribution < -0.4 is 10.1 Å². The number of hydrogen-bond acceptors (Lipinski definition) is 5. The molecule has 2 aromatic rings. The predicted molar refractivity (Wildman–Crippen MR) is 89.1 cm³/mol. The highest BCUT2D eigenvalue weighted by atomic mass is 16.5. The fourth-order valence-electron chi connectivity index (χ4n) is 2.19. The van der Waals surface area contributed by atoms with Gasteiger partial charge in [-0.25, -0.2) is 9.59 Å². The van der Waals surface area contributed by atoms with E-state index < -0.39 is 24.2 Å². The number of methoxy groups -OCH3 is 1. The van der Waals surface area contributed by atoms with Crippen LogP contribution in [0.1, 0.15) is 17.2 Å². The molecule has 3 N–H and O–H groups in total. The third-order valence-electron chi connectivity index (χ3n) is 3.53. The number of aliphatic carboxylic acids is 1. The number of benzene rings is 2. The standard InChI is InChI=1S/C18H19NO6/c1-24-14-9-7-13(8-10-14)15(16(20)17(21)22)19-18(23)25-11-12-5-3-2-4-6-12/h2-10,15-16,20H,11H2,1H3,(H,19,23)(H,21,22). The Morgan fingerprint density at radius 3 is 2.28 bits per heavy atom. The van der Waals surface area contributed by atoms with Crippen LogP contribution in [-0.2, 0) is 16.1 Å². The van der Waals surface area contributed by atoms with Crippen molar-refractivity contribution in [1.29, 1.82) is 0 Å². The van der Waals surface area contributed by atoms with E-state index in [0.717, 1.165) is 5.56 Å². The molecule has 0 saturated heterocycles. The molecule has 0 aliphatic carbocycles. The Hall–Kier alpha value is -3.06. The van der Waals surface area contributed by atoms with Crippen LogP contribution in [0, 0.1) is 0 Å². The zero-order valence-electron chi connectivity index (χ0n) is 13.6. The molecular formula is C18H19NO6.